The van der Waals surface area contributed by atoms with Gasteiger partial charge in [0.15, 0.2) is 5.78 Å². The van der Waals surface area contributed by atoms with Crippen molar-refractivity contribution < 1.29 is 24.4 Å². The molecule has 2 aromatic rings. The molecule has 132 valence electrons. The van der Waals surface area contributed by atoms with Crippen molar-refractivity contribution in [3.8, 4) is 5.75 Å². The number of ketones is 1. The Labute approximate surface area is 143 Å². The summed E-state index contributed by atoms with van der Waals surface area (Å²) in [5.74, 6) is 0.285. The Kier molecular flexibility index (Phi) is 3.45. The number of aliphatic hydroxyl groups is 1. The van der Waals surface area contributed by atoms with Gasteiger partial charge in [-0.1, -0.05) is 0 Å². The third-order valence-electron chi connectivity index (χ3n) is 4.86. The summed E-state index contributed by atoms with van der Waals surface area (Å²) in [6.45, 7) is 5.11. The third kappa shape index (κ3) is 2.35. The van der Waals surface area contributed by atoms with Crippen LogP contribution >= 0.6 is 0 Å². The van der Waals surface area contributed by atoms with Gasteiger partial charge in [-0.15, -0.1) is 5.01 Å². The van der Waals surface area contributed by atoms with Crippen LogP contribution in [0.15, 0.2) is 29.0 Å². The van der Waals surface area contributed by atoms with Gasteiger partial charge in [-0.2, -0.15) is 0 Å². The number of carbonyl (C=O) groups excluding carboxylic acids is 1. The highest BCUT2D eigenvalue weighted by atomic mass is 16.6. The Morgan fingerprint density at radius 1 is 1.32 bits per heavy atom. The highest BCUT2D eigenvalue weighted by Gasteiger charge is 2.50. The molecule has 25 heavy (non-hydrogen) atoms. The summed E-state index contributed by atoms with van der Waals surface area (Å²) < 4.78 is 10.7. The van der Waals surface area contributed by atoms with Crippen LogP contribution in [0.1, 0.15) is 32.4 Å². The monoisotopic (exact) mass is 346 g/mol. The van der Waals surface area contributed by atoms with E-state index in [2.05, 4.69) is 10.3 Å². The maximum atomic E-state index is 12.5. The van der Waals surface area contributed by atoms with Crippen molar-refractivity contribution in [3.05, 3.63) is 35.2 Å². The summed E-state index contributed by atoms with van der Waals surface area (Å²) in [5, 5.41) is 32.1. The number of benzene rings is 1. The fourth-order valence-corrected chi connectivity index (χ4v) is 3.43. The molecule has 0 saturated carbocycles. The Morgan fingerprint density at radius 3 is 2.72 bits per heavy atom. The van der Waals surface area contributed by atoms with Crippen molar-refractivity contribution in [2.45, 2.75) is 44.6 Å². The van der Waals surface area contributed by atoms with Gasteiger partial charge in [-0.3, -0.25) is 9.97 Å². The highest BCUT2D eigenvalue weighted by Crippen LogP contribution is 2.44. The molecule has 2 aliphatic heterocycles. The molecule has 1 aromatic carbocycles. The van der Waals surface area contributed by atoms with Gasteiger partial charge in [-0.25, -0.2) is 4.63 Å². The van der Waals surface area contributed by atoms with Crippen molar-refractivity contribution in [2.75, 3.05) is 0 Å². The maximum absolute atomic E-state index is 12.5. The minimum atomic E-state index is -1.04. The second-order valence-electron chi connectivity index (χ2n) is 6.90. The molecule has 4 rings (SSSR count). The van der Waals surface area contributed by atoms with Crippen LogP contribution in [-0.4, -0.2) is 44.0 Å². The van der Waals surface area contributed by atoms with Gasteiger partial charge in [0.2, 0.25) is 0 Å². The number of aliphatic hydroxyl groups excluding tert-OH is 1. The first-order valence-electron chi connectivity index (χ1n) is 7.97. The van der Waals surface area contributed by atoms with E-state index < -0.39 is 23.8 Å². The first-order valence-corrected chi connectivity index (χ1v) is 7.97. The van der Waals surface area contributed by atoms with Gasteiger partial charge in [0.1, 0.15) is 46.8 Å². The Hall–Kier alpha value is -2.33. The summed E-state index contributed by atoms with van der Waals surface area (Å²) in [6.07, 6.45) is 1.46. The average molecular weight is 346 g/mol. The van der Waals surface area contributed by atoms with Gasteiger partial charge in [0.05, 0.1) is 0 Å². The van der Waals surface area contributed by atoms with Gasteiger partial charge < -0.3 is 15.1 Å². The summed E-state index contributed by atoms with van der Waals surface area (Å²) in [7, 11) is 0. The van der Waals surface area contributed by atoms with Crippen molar-refractivity contribution >= 4 is 16.8 Å². The van der Waals surface area contributed by atoms with Crippen molar-refractivity contribution in [2.24, 2.45) is 0 Å². The zero-order valence-electron chi connectivity index (χ0n) is 14.0. The van der Waals surface area contributed by atoms with Crippen LogP contribution < -0.4 is 9.91 Å². The van der Waals surface area contributed by atoms with E-state index in [1.54, 1.807) is 32.9 Å². The molecule has 3 heterocycles. The van der Waals surface area contributed by atoms with Crippen molar-refractivity contribution in [1.82, 2.24) is 15.3 Å². The van der Waals surface area contributed by atoms with E-state index in [-0.39, 0.29) is 11.0 Å². The number of nitrogens with zero attached hydrogens (tertiary/aromatic N) is 3. The Bertz CT molecular complexity index is 877. The smallest absolute Gasteiger partial charge is 0.183 e. The molecular formula is C16H18N4O5. The van der Waals surface area contributed by atoms with E-state index in [0.29, 0.717) is 22.3 Å². The number of aromatic nitrogens is 2. The van der Waals surface area contributed by atoms with Crippen molar-refractivity contribution in [3.63, 3.8) is 0 Å². The molecule has 4 atom stereocenters. The molecule has 2 N–H and O–H groups in total. The quantitative estimate of drug-likeness (QED) is 0.687. The largest absolute Gasteiger partial charge is 0.608 e. The molecule has 0 saturated heterocycles. The van der Waals surface area contributed by atoms with E-state index in [9.17, 15) is 15.1 Å². The first kappa shape index (κ1) is 16.2. The second kappa shape index (κ2) is 5.33. The number of carbonyl (C=O) groups is 1. The first-order chi connectivity index (χ1) is 11.8. The number of hydroxylamine groups is 1. The summed E-state index contributed by atoms with van der Waals surface area (Å²) in [5.41, 5.74) is 0.599. The predicted molar refractivity (Wildman–Crippen MR) is 85.0 cm³/mol. The molecule has 1 aromatic heterocycles. The van der Waals surface area contributed by atoms with Gasteiger partial charge in [0, 0.05) is 17.7 Å². The predicted octanol–water partition coefficient (Wildman–Crippen LogP) is -0.120. The summed E-state index contributed by atoms with van der Waals surface area (Å²) in [6, 6.07) is 1.90. The molecule has 9 nitrogen and oxygen atoms in total. The standard InChI is InChI=1S/C16H18N4O5/c1-8-12(21)4-5-19(23)20(8)14-9-6-10-11(18-25-17-10)7-13(9)24-16(2,3)15(14)22/h4-8,14-15,19,22H,1-3H3. The molecule has 0 amide bonds. The van der Waals surface area contributed by atoms with Gasteiger partial charge in [-0.05, 0) is 37.2 Å². The van der Waals surface area contributed by atoms with E-state index in [0.717, 1.165) is 0 Å². The van der Waals surface area contributed by atoms with E-state index in [1.165, 1.54) is 17.3 Å². The lowest BCUT2D eigenvalue weighted by Gasteiger charge is -2.49. The zero-order chi connectivity index (χ0) is 17.9. The number of ether oxygens (including phenoxy) is 1. The zero-order valence-corrected chi connectivity index (χ0v) is 14.0. The molecule has 4 unspecified atom stereocenters. The number of quaternary nitrogens is 1. The van der Waals surface area contributed by atoms with Crippen LogP contribution in [0, 0.1) is 5.21 Å². The molecule has 9 heteroatoms. The lowest BCUT2D eigenvalue weighted by atomic mass is 9.85. The Balaban J connectivity index is 1.91. The maximum Gasteiger partial charge on any atom is 0.183 e. The molecule has 0 spiro atoms. The Morgan fingerprint density at radius 2 is 2.00 bits per heavy atom. The third-order valence-corrected chi connectivity index (χ3v) is 4.86. The molecule has 0 radical (unpaired) electrons. The molecule has 0 fully saturated rings. The molecule has 0 bridgehead atoms. The lowest BCUT2D eigenvalue weighted by molar-refractivity contribution is -0.937. The number of rotatable bonds is 1. The highest BCUT2D eigenvalue weighted by molar-refractivity contribution is 5.94. The summed E-state index contributed by atoms with van der Waals surface area (Å²) in [4.78, 5) is 12.1. The molecule has 0 aliphatic carbocycles. The fourth-order valence-electron chi connectivity index (χ4n) is 3.43. The van der Waals surface area contributed by atoms with E-state index in [1.807, 2.05) is 0 Å². The fraction of sp³-hybridized carbons (Fsp3) is 0.438. The van der Waals surface area contributed by atoms with E-state index in [4.69, 9.17) is 9.37 Å². The normalized spacial score (nSPS) is 31.8. The number of nitrogens with one attached hydrogen (secondary N) is 1. The molecular weight excluding hydrogens is 328 g/mol. The number of fused-ring (bicyclic) bond motifs is 2. The second-order valence-corrected chi connectivity index (χ2v) is 6.90. The van der Waals surface area contributed by atoms with Crippen LogP contribution in [0.3, 0.4) is 0 Å². The van der Waals surface area contributed by atoms with Crippen LogP contribution in [-0.2, 0) is 4.79 Å². The summed E-state index contributed by atoms with van der Waals surface area (Å²) >= 11 is 0. The lowest BCUT2D eigenvalue weighted by Crippen LogP contribution is -3.12. The van der Waals surface area contributed by atoms with E-state index >= 15 is 0 Å². The van der Waals surface area contributed by atoms with Crippen LogP contribution in [0.5, 0.6) is 5.75 Å². The van der Waals surface area contributed by atoms with Crippen molar-refractivity contribution in [1.29, 1.82) is 0 Å². The average Bonchev–Trinajstić information content (AvgIpc) is 3.00. The van der Waals surface area contributed by atoms with Gasteiger partial charge in [0.25, 0.3) is 0 Å². The van der Waals surface area contributed by atoms with Crippen LogP contribution in [0.25, 0.3) is 11.0 Å². The minimum absolute atomic E-state index is 0.193. The molecule has 2 aliphatic rings. The van der Waals surface area contributed by atoms with Gasteiger partial charge >= 0.3 is 0 Å². The van der Waals surface area contributed by atoms with Crippen LogP contribution in [0.2, 0.25) is 0 Å². The number of hydrogen-bond donors (Lipinski definition) is 2. The van der Waals surface area contributed by atoms with Crippen LogP contribution in [0.4, 0.5) is 0 Å². The topological polar surface area (TPSA) is 116 Å². The number of hydrogen-bond acceptors (Lipinski definition) is 8. The minimum Gasteiger partial charge on any atom is -0.608 e. The SMILES string of the molecule is CC1C(=O)C=C[NH+]([O-])N1C1c2cc3nonc3cc2OC(C)(C)C1O.